The summed E-state index contributed by atoms with van der Waals surface area (Å²) in [6, 6.07) is 27.1. The van der Waals surface area contributed by atoms with Gasteiger partial charge in [-0.1, -0.05) is 54.1 Å². The highest BCUT2D eigenvalue weighted by molar-refractivity contribution is 7.92. The van der Waals surface area contributed by atoms with Crippen LogP contribution in [0.4, 0.5) is 5.69 Å². The van der Waals surface area contributed by atoms with Gasteiger partial charge in [-0.15, -0.1) is 0 Å². The summed E-state index contributed by atoms with van der Waals surface area (Å²) in [6.45, 7) is 7.92. The predicted octanol–water partition coefficient (Wildman–Crippen LogP) is 5.94. The van der Waals surface area contributed by atoms with Crippen molar-refractivity contribution in [1.82, 2.24) is 5.43 Å². The van der Waals surface area contributed by atoms with Gasteiger partial charge in [-0.05, 0) is 92.4 Å². The average molecular weight is 586 g/mol. The van der Waals surface area contributed by atoms with E-state index in [4.69, 9.17) is 9.47 Å². The summed E-state index contributed by atoms with van der Waals surface area (Å²) >= 11 is 0. The first-order chi connectivity index (χ1) is 20.2. The Morgan fingerprint density at radius 1 is 0.833 bits per heavy atom. The third-order valence-electron chi connectivity index (χ3n) is 6.30. The Labute approximate surface area is 247 Å². The van der Waals surface area contributed by atoms with Crippen LogP contribution in [0.3, 0.4) is 0 Å². The van der Waals surface area contributed by atoms with E-state index < -0.39 is 22.5 Å². The lowest BCUT2D eigenvalue weighted by Crippen LogP contribution is -2.39. The molecule has 0 aliphatic rings. The summed E-state index contributed by atoms with van der Waals surface area (Å²) < 4.78 is 40.1. The maximum absolute atomic E-state index is 13.7. The van der Waals surface area contributed by atoms with Gasteiger partial charge in [0.05, 0.1) is 23.4 Å². The van der Waals surface area contributed by atoms with Crippen LogP contribution in [-0.4, -0.2) is 33.7 Å². The van der Waals surface area contributed by atoms with Crippen molar-refractivity contribution in [3.05, 3.63) is 119 Å². The quantitative estimate of drug-likeness (QED) is 0.164. The molecule has 0 aliphatic carbocycles. The third kappa shape index (κ3) is 7.98. The van der Waals surface area contributed by atoms with Gasteiger partial charge in [0.25, 0.3) is 15.9 Å². The van der Waals surface area contributed by atoms with Gasteiger partial charge >= 0.3 is 0 Å². The van der Waals surface area contributed by atoms with E-state index in [-0.39, 0.29) is 4.90 Å². The summed E-state index contributed by atoms with van der Waals surface area (Å²) in [5, 5.41) is 4.07. The first-order valence-corrected chi connectivity index (χ1v) is 15.0. The van der Waals surface area contributed by atoms with Crippen LogP contribution in [0.2, 0.25) is 0 Å². The standard InChI is InChI=1S/C33H35N3O5S/c1-5-40-32-20-28(13-16-31(32)41-23-27-9-7-6-8-10-27)21-34-35-33(37)22-36(29-18-25(3)17-26(4)19-29)42(38,39)30-14-11-24(2)12-15-30/h6-21H,5,22-23H2,1-4H3,(H,35,37)/b34-21-. The monoisotopic (exact) mass is 585 g/mol. The highest BCUT2D eigenvalue weighted by Gasteiger charge is 2.27. The Balaban J connectivity index is 1.49. The number of carbonyl (C=O) groups excluding carboxylic acids is 1. The van der Waals surface area contributed by atoms with Crippen molar-refractivity contribution in [3.8, 4) is 11.5 Å². The normalized spacial score (nSPS) is 11.3. The van der Waals surface area contributed by atoms with Gasteiger partial charge in [-0.3, -0.25) is 9.10 Å². The number of amides is 1. The number of sulfonamides is 1. The maximum atomic E-state index is 13.7. The van der Waals surface area contributed by atoms with Crippen LogP contribution < -0.4 is 19.2 Å². The number of aryl methyl sites for hydroxylation is 3. The smallest absolute Gasteiger partial charge is 0.264 e. The molecule has 0 saturated heterocycles. The molecule has 0 spiro atoms. The summed E-state index contributed by atoms with van der Waals surface area (Å²) in [7, 11) is -4.03. The zero-order valence-corrected chi connectivity index (χ0v) is 25.0. The largest absolute Gasteiger partial charge is 0.490 e. The first-order valence-electron chi connectivity index (χ1n) is 13.6. The van der Waals surface area contributed by atoms with Crippen molar-refractivity contribution in [2.45, 2.75) is 39.2 Å². The molecule has 0 atom stereocenters. The fourth-order valence-corrected chi connectivity index (χ4v) is 5.72. The molecular formula is C33H35N3O5S. The van der Waals surface area contributed by atoms with Gasteiger partial charge in [0.2, 0.25) is 0 Å². The first kappa shape index (κ1) is 30.3. The van der Waals surface area contributed by atoms with E-state index in [0.717, 1.165) is 26.6 Å². The van der Waals surface area contributed by atoms with Crippen LogP contribution in [0.15, 0.2) is 101 Å². The lowest BCUT2D eigenvalue weighted by Gasteiger charge is -2.24. The molecule has 0 aliphatic heterocycles. The van der Waals surface area contributed by atoms with E-state index in [1.807, 2.05) is 64.1 Å². The molecule has 0 fully saturated rings. The molecule has 4 aromatic rings. The highest BCUT2D eigenvalue weighted by Crippen LogP contribution is 2.29. The SMILES string of the molecule is CCOc1cc(/C=N\NC(=O)CN(c2cc(C)cc(C)c2)S(=O)(=O)c2ccc(C)cc2)ccc1OCc1ccccc1. The minimum Gasteiger partial charge on any atom is -0.490 e. The van der Waals surface area contributed by atoms with E-state index in [9.17, 15) is 13.2 Å². The average Bonchev–Trinajstić information content (AvgIpc) is 2.96. The van der Waals surface area contributed by atoms with Crippen LogP contribution in [0, 0.1) is 20.8 Å². The molecule has 4 rings (SSSR count). The van der Waals surface area contributed by atoms with E-state index in [2.05, 4.69) is 10.5 Å². The van der Waals surface area contributed by atoms with Crippen LogP contribution in [0.5, 0.6) is 11.5 Å². The Bertz CT molecular complexity index is 1630. The molecule has 9 heteroatoms. The lowest BCUT2D eigenvalue weighted by atomic mass is 10.1. The van der Waals surface area contributed by atoms with Gasteiger partial charge in [-0.2, -0.15) is 5.10 Å². The van der Waals surface area contributed by atoms with E-state index >= 15 is 0 Å². The van der Waals surface area contributed by atoms with Crippen molar-refractivity contribution < 1.29 is 22.7 Å². The molecule has 42 heavy (non-hydrogen) atoms. The second-order valence-electron chi connectivity index (χ2n) is 9.88. The van der Waals surface area contributed by atoms with E-state index in [0.29, 0.717) is 36.0 Å². The lowest BCUT2D eigenvalue weighted by molar-refractivity contribution is -0.119. The Kier molecular flexibility index (Phi) is 9.98. The Hall–Kier alpha value is -4.63. The van der Waals surface area contributed by atoms with Crippen molar-refractivity contribution >= 4 is 27.8 Å². The van der Waals surface area contributed by atoms with Gasteiger partial charge in [0, 0.05) is 0 Å². The summed E-state index contributed by atoms with van der Waals surface area (Å²) in [5.74, 6) is 0.551. The molecule has 0 saturated carbocycles. The Morgan fingerprint density at radius 3 is 2.19 bits per heavy atom. The number of benzene rings is 4. The topological polar surface area (TPSA) is 97.3 Å². The number of rotatable bonds is 12. The van der Waals surface area contributed by atoms with E-state index in [1.165, 1.54) is 6.21 Å². The summed E-state index contributed by atoms with van der Waals surface area (Å²) in [5.41, 5.74) is 7.27. The molecule has 0 radical (unpaired) electrons. The minimum absolute atomic E-state index is 0.0987. The number of hydrogen-bond donors (Lipinski definition) is 1. The van der Waals surface area contributed by atoms with Gasteiger partial charge in [0.15, 0.2) is 11.5 Å². The molecule has 0 heterocycles. The number of ether oxygens (including phenoxy) is 2. The Morgan fingerprint density at radius 2 is 1.52 bits per heavy atom. The fourth-order valence-electron chi connectivity index (χ4n) is 4.32. The molecule has 0 unspecified atom stereocenters. The van der Waals surface area contributed by atoms with E-state index in [1.54, 1.807) is 54.6 Å². The number of anilines is 1. The number of carbonyl (C=O) groups is 1. The van der Waals surface area contributed by atoms with Crippen molar-refractivity contribution in [3.63, 3.8) is 0 Å². The molecular weight excluding hydrogens is 550 g/mol. The van der Waals surface area contributed by atoms with Gasteiger partial charge in [0.1, 0.15) is 13.2 Å². The third-order valence-corrected chi connectivity index (χ3v) is 8.09. The van der Waals surface area contributed by atoms with Crippen molar-refractivity contribution in [1.29, 1.82) is 0 Å². The molecule has 1 amide bonds. The second-order valence-corrected chi connectivity index (χ2v) is 11.7. The fraction of sp³-hybridized carbons (Fsp3) is 0.212. The number of nitrogens with one attached hydrogen (secondary N) is 1. The number of hydrazone groups is 1. The summed E-state index contributed by atoms with van der Waals surface area (Å²) in [4.78, 5) is 13.1. The van der Waals surface area contributed by atoms with Crippen LogP contribution in [0.1, 0.15) is 34.7 Å². The molecule has 4 aromatic carbocycles. The van der Waals surface area contributed by atoms with Gasteiger partial charge in [-0.25, -0.2) is 13.8 Å². The molecule has 218 valence electrons. The molecule has 1 N–H and O–H groups in total. The molecule has 0 bridgehead atoms. The maximum Gasteiger partial charge on any atom is 0.264 e. The van der Waals surface area contributed by atoms with Gasteiger partial charge < -0.3 is 9.47 Å². The van der Waals surface area contributed by atoms with Crippen LogP contribution in [-0.2, 0) is 21.4 Å². The van der Waals surface area contributed by atoms with Crippen LogP contribution >= 0.6 is 0 Å². The second kappa shape index (κ2) is 13.8. The number of hydrogen-bond acceptors (Lipinski definition) is 6. The number of nitrogens with zero attached hydrogens (tertiary/aromatic N) is 2. The summed E-state index contributed by atoms with van der Waals surface area (Å²) in [6.07, 6.45) is 1.47. The predicted molar refractivity (Wildman–Crippen MR) is 166 cm³/mol. The molecule has 8 nitrogen and oxygen atoms in total. The molecule has 0 aromatic heterocycles. The van der Waals surface area contributed by atoms with Crippen LogP contribution in [0.25, 0.3) is 0 Å². The minimum atomic E-state index is -4.03. The van der Waals surface area contributed by atoms with Crippen molar-refractivity contribution in [2.24, 2.45) is 5.10 Å². The highest BCUT2D eigenvalue weighted by atomic mass is 32.2. The zero-order chi connectivity index (χ0) is 30.1. The zero-order valence-electron chi connectivity index (χ0n) is 24.2. The van der Waals surface area contributed by atoms with Crippen molar-refractivity contribution in [2.75, 3.05) is 17.5 Å².